The SMILES string of the molecule is COc1ccc(Cc2nnc(CCC(=O)NCCCN3CCOCC3)c(=O)[nH]2)cc1OC. The topological polar surface area (TPSA) is 119 Å². The number of benzene rings is 1. The average Bonchev–Trinajstić information content (AvgIpc) is 2.82. The van der Waals surface area contributed by atoms with E-state index in [0.717, 1.165) is 44.8 Å². The van der Waals surface area contributed by atoms with Gasteiger partial charge in [0, 0.05) is 38.9 Å². The number of nitrogens with zero attached hydrogens (tertiary/aromatic N) is 3. The van der Waals surface area contributed by atoms with E-state index in [1.807, 2.05) is 12.1 Å². The first-order valence-electron chi connectivity index (χ1n) is 10.8. The molecular weight excluding hydrogens is 414 g/mol. The summed E-state index contributed by atoms with van der Waals surface area (Å²) in [5.74, 6) is 1.58. The molecule has 0 bridgehead atoms. The summed E-state index contributed by atoms with van der Waals surface area (Å²) in [4.78, 5) is 29.5. The van der Waals surface area contributed by atoms with Crippen molar-refractivity contribution in [2.45, 2.75) is 25.7 Å². The van der Waals surface area contributed by atoms with E-state index in [1.54, 1.807) is 20.3 Å². The van der Waals surface area contributed by atoms with Gasteiger partial charge in [-0.15, -0.1) is 10.2 Å². The maximum absolute atomic E-state index is 12.4. The minimum Gasteiger partial charge on any atom is -0.493 e. The second-order valence-electron chi connectivity index (χ2n) is 7.57. The summed E-state index contributed by atoms with van der Waals surface area (Å²) >= 11 is 0. The van der Waals surface area contributed by atoms with Crippen LogP contribution in [0.5, 0.6) is 11.5 Å². The van der Waals surface area contributed by atoms with Gasteiger partial charge in [-0.1, -0.05) is 6.07 Å². The molecule has 10 heteroatoms. The largest absolute Gasteiger partial charge is 0.493 e. The van der Waals surface area contributed by atoms with Gasteiger partial charge >= 0.3 is 0 Å². The number of hydrogen-bond acceptors (Lipinski definition) is 8. The molecule has 0 aliphatic carbocycles. The van der Waals surface area contributed by atoms with Crippen molar-refractivity contribution in [3.05, 3.63) is 45.6 Å². The van der Waals surface area contributed by atoms with Gasteiger partial charge in [0.15, 0.2) is 11.5 Å². The maximum atomic E-state index is 12.4. The highest BCUT2D eigenvalue weighted by molar-refractivity contribution is 5.76. The number of rotatable bonds is 11. The molecular formula is C22H31N5O5. The Kier molecular flexibility index (Phi) is 9.00. The normalized spacial score (nSPS) is 14.2. The number of hydrogen-bond donors (Lipinski definition) is 2. The number of aromatic nitrogens is 3. The van der Waals surface area contributed by atoms with Crippen molar-refractivity contribution < 1.29 is 19.0 Å². The molecule has 0 radical (unpaired) electrons. The molecule has 1 aromatic heterocycles. The van der Waals surface area contributed by atoms with Gasteiger partial charge in [0.1, 0.15) is 11.5 Å². The van der Waals surface area contributed by atoms with Crippen LogP contribution >= 0.6 is 0 Å². The summed E-state index contributed by atoms with van der Waals surface area (Å²) in [5.41, 5.74) is 0.830. The molecule has 2 N–H and O–H groups in total. The van der Waals surface area contributed by atoms with Crippen LogP contribution in [0.25, 0.3) is 0 Å². The van der Waals surface area contributed by atoms with E-state index in [1.165, 1.54) is 0 Å². The van der Waals surface area contributed by atoms with Gasteiger partial charge in [0.2, 0.25) is 5.91 Å². The Hall–Kier alpha value is -2.98. The van der Waals surface area contributed by atoms with Crippen LogP contribution < -0.4 is 20.3 Å². The number of aryl methyl sites for hydroxylation is 1. The fourth-order valence-electron chi connectivity index (χ4n) is 3.50. The van der Waals surface area contributed by atoms with Crippen molar-refractivity contribution in [3.8, 4) is 11.5 Å². The van der Waals surface area contributed by atoms with Crippen LogP contribution in [0, 0.1) is 0 Å². The molecule has 1 aliphatic heterocycles. The molecule has 0 atom stereocenters. The van der Waals surface area contributed by atoms with Gasteiger partial charge in [0.25, 0.3) is 5.56 Å². The number of carbonyl (C=O) groups is 1. The summed E-state index contributed by atoms with van der Waals surface area (Å²) in [6.45, 7) is 4.98. The predicted molar refractivity (Wildman–Crippen MR) is 118 cm³/mol. The van der Waals surface area contributed by atoms with Crippen LogP contribution in [-0.4, -0.2) is 79.6 Å². The highest BCUT2D eigenvalue weighted by Crippen LogP contribution is 2.28. The lowest BCUT2D eigenvalue weighted by Crippen LogP contribution is -2.38. The number of amides is 1. The molecule has 1 fully saturated rings. The first-order chi connectivity index (χ1) is 15.6. The summed E-state index contributed by atoms with van der Waals surface area (Å²) in [7, 11) is 3.14. The van der Waals surface area contributed by atoms with Crippen LogP contribution in [-0.2, 0) is 22.4 Å². The van der Waals surface area contributed by atoms with Crippen molar-refractivity contribution in [3.63, 3.8) is 0 Å². The van der Waals surface area contributed by atoms with Gasteiger partial charge in [0.05, 0.1) is 27.4 Å². The van der Waals surface area contributed by atoms with Gasteiger partial charge < -0.3 is 24.5 Å². The van der Waals surface area contributed by atoms with E-state index in [-0.39, 0.29) is 30.0 Å². The first kappa shape index (κ1) is 23.7. The Morgan fingerprint density at radius 1 is 1.19 bits per heavy atom. The maximum Gasteiger partial charge on any atom is 0.272 e. The molecule has 174 valence electrons. The van der Waals surface area contributed by atoms with Crippen molar-refractivity contribution in [1.29, 1.82) is 0 Å². The van der Waals surface area contributed by atoms with Crippen LogP contribution in [0.4, 0.5) is 0 Å². The number of nitrogens with one attached hydrogen (secondary N) is 2. The van der Waals surface area contributed by atoms with Gasteiger partial charge in [-0.05, 0) is 30.7 Å². The fraction of sp³-hybridized carbons (Fsp3) is 0.545. The zero-order chi connectivity index (χ0) is 22.8. The monoisotopic (exact) mass is 445 g/mol. The molecule has 3 rings (SSSR count). The van der Waals surface area contributed by atoms with Gasteiger partial charge in [-0.25, -0.2) is 0 Å². The predicted octanol–water partition coefficient (Wildman–Crippen LogP) is 0.544. The molecule has 1 saturated heterocycles. The van der Waals surface area contributed by atoms with E-state index >= 15 is 0 Å². The van der Waals surface area contributed by atoms with Gasteiger partial charge in [-0.2, -0.15) is 0 Å². The summed E-state index contributed by atoms with van der Waals surface area (Å²) < 4.78 is 15.9. The fourth-order valence-corrected chi connectivity index (χ4v) is 3.50. The number of H-pyrrole nitrogens is 1. The van der Waals surface area contributed by atoms with Crippen LogP contribution in [0.2, 0.25) is 0 Å². The number of carbonyl (C=O) groups excluding carboxylic acids is 1. The summed E-state index contributed by atoms with van der Waals surface area (Å²) in [6.07, 6.45) is 1.72. The van der Waals surface area contributed by atoms with Crippen LogP contribution in [0.15, 0.2) is 23.0 Å². The lowest BCUT2D eigenvalue weighted by Gasteiger charge is -2.26. The highest BCUT2D eigenvalue weighted by Gasteiger charge is 2.12. The lowest BCUT2D eigenvalue weighted by atomic mass is 10.1. The van der Waals surface area contributed by atoms with E-state index < -0.39 is 0 Å². The van der Waals surface area contributed by atoms with Crippen molar-refractivity contribution in [1.82, 2.24) is 25.4 Å². The molecule has 1 aliphatic rings. The highest BCUT2D eigenvalue weighted by atomic mass is 16.5. The van der Waals surface area contributed by atoms with Crippen molar-refractivity contribution >= 4 is 5.91 Å². The smallest absolute Gasteiger partial charge is 0.272 e. The third kappa shape index (κ3) is 7.03. The number of ether oxygens (including phenoxy) is 3. The van der Waals surface area contributed by atoms with E-state index in [9.17, 15) is 9.59 Å². The molecule has 32 heavy (non-hydrogen) atoms. The number of methoxy groups -OCH3 is 2. The van der Waals surface area contributed by atoms with Crippen LogP contribution in [0.1, 0.15) is 29.9 Å². The zero-order valence-corrected chi connectivity index (χ0v) is 18.7. The first-order valence-corrected chi connectivity index (χ1v) is 10.8. The molecule has 0 unspecified atom stereocenters. The molecule has 10 nitrogen and oxygen atoms in total. The van der Waals surface area contributed by atoms with E-state index in [2.05, 4.69) is 25.4 Å². The van der Waals surface area contributed by atoms with E-state index in [0.29, 0.717) is 30.3 Å². The van der Waals surface area contributed by atoms with Crippen LogP contribution in [0.3, 0.4) is 0 Å². The molecule has 2 heterocycles. The number of aromatic amines is 1. The quantitative estimate of drug-likeness (QED) is 0.481. The molecule has 2 aromatic rings. The molecule has 0 spiro atoms. The Morgan fingerprint density at radius 2 is 1.97 bits per heavy atom. The third-order valence-electron chi connectivity index (χ3n) is 5.30. The Labute approximate surface area is 187 Å². The Morgan fingerprint density at radius 3 is 2.69 bits per heavy atom. The molecule has 1 amide bonds. The second-order valence-corrected chi connectivity index (χ2v) is 7.57. The minimum atomic E-state index is -0.324. The zero-order valence-electron chi connectivity index (χ0n) is 18.7. The second kappa shape index (κ2) is 12.2. The molecule has 1 aromatic carbocycles. The lowest BCUT2D eigenvalue weighted by molar-refractivity contribution is -0.121. The Balaban J connectivity index is 1.43. The molecule has 0 saturated carbocycles. The summed E-state index contributed by atoms with van der Waals surface area (Å²) in [6, 6.07) is 5.50. The Bertz CT molecular complexity index is 943. The summed E-state index contributed by atoms with van der Waals surface area (Å²) in [5, 5.41) is 11.0. The van der Waals surface area contributed by atoms with E-state index in [4.69, 9.17) is 14.2 Å². The van der Waals surface area contributed by atoms with Gasteiger partial charge in [-0.3, -0.25) is 14.5 Å². The average molecular weight is 446 g/mol. The minimum absolute atomic E-state index is 0.0948. The third-order valence-corrected chi connectivity index (χ3v) is 5.30. The standard InChI is InChI=1S/C22H31N5O5/c1-30-18-6-4-16(14-19(18)31-2)15-20-24-22(29)17(25-26-20)5-7-21(28)23-8-3-9-27-10-12-32-13-11-27/h4,6,14H,3,5,7-13,15H2,1-2H3,(H,23,28)(H,24,26,29). The van der Waals surface area contributed by atoms with Crippen molar-refractivity contribution in [2.24, 2.45) is 0 Å². The van der Waals surface area contributed by atoms with Crippen molar-refractivity contribution in [2.75, 3.05) is 53.6 Å². The number of morpholine rings is 1.